The van der Waals surface area contributed by atoms with Crippen LogP contribution in [-0.2, 0) is 27.2 Å². The number of aromatic nitrogens is 1. The summed E-state index contributed by atoms with van der Waals surface area (Å²) in [6.45, 7) is 2.14. The molecule has 3 amide bonds. The van der Waals surface area contributed by atoms with Crippen molar-refractivity contribution in [2.24, 2.45) is 0 Å². The first-order valence-electron chi connectivity index (χ1n) is 14.8. The molecule has 0 bridgehead atoms. The monoisotopic (exact) mass is 605 g/mol. The molecule has 0 radical (unpaired) electrons. The summed E-state index contributed by atoms with van der Waals surface area (Å²) < 4.78 is 0. The van der Waals surface area contributed by atoms with Gasteiger partial charge in [-0.2, -0.15) is 0 Å². The van der Waals surface area contributed by atoms with Gasteiger partial charge in [-0.15, -0.1) is 0 Å². The summed E-state index contributed by atoms with van der Waals surface area (Å²) in [6.07, 6.45) is 3.28. The number of carboxylic acid groups (broad SMARTS) is 1. The van der Waals surface area contributed by atoms with E-state index in [0.29, 0.717) is 43.9 Å². The fourth-order valence-electron chi connectivity index (χ4n) is 5.36. The molecule has 1 aliphatic rings. The third-order valence-corrected chi connectivity index (χ3v) is 7.68. The van der Waals surface area contributed by atoms with E-state index >= 15 is 0 Å². The molecule has 10 nitrogen and oxygen atoms in total. The maximum atomic E-state index is 13.4. The highest BCUT2D eigenvalue weighted by Crippen LogP contribution is 2.29. The van der Waals surface area contributed by atoms with Gasteiger partial charge in [-0.3, -0.25) is 24.2 Å². The van der Waals surface area contributed by atoms with Crippen molar-refractivity contribution in [1.29, 1.82) is 0 Å². The van der Waals surface area contributed by atoms with Gasteiger partial charge in [0, 0.05) is 44.1 Å². The molecule has 5 rings (SSSR count). The van der Waals surface area contributed by atoms with Crippen LogP contribution in [0.1, 0.15) is 39.5 Å². The Morgan fingerprint density at radius 2 is 1.47 bits per heavy atom. The van der Waals surface area contributed by atoms with E-state index in [1.54, 1.807) is 36.5 Å². The van der Waals surface area contributed by atoms with Crippen LogP contribution in [0.25, 0.3) is 0 Å². The van der Waals surface area contributed by atoms with Gasteiger partial charge < -0.3 is 25.5 Å². The highest BCUT2D eigenvalue weighted by atomic mass is 16.4. The largest absolute Gasteiger partial charge is 0.481 e. The molecule has 1 atom stereocenters. The number of carboxylic acids is 1. The van der Waals surface area contributed by atoms with Crippen LogP contribution in [0.3, 0.4) is 0 Å². The average molecular weight is 606 g/mol. The van der Waals surface area contributed by atoms with Crippen molar-refractivity contribution in [2.75, 3.05) is 36.4 Å². The lowest BCUT2D eigenvalue weighted by Gasteiger charge is -2.37. The fraction of sp³-hybridized carbons (Fsp3) is 0.229. The van der Waals surface area contributed by atoms with E-state index in [1.807, 2.05) is 65.6 Å². The number of aliphatic carboxylic acids is 1. The Bertz CT molecular complexity index is 1620. The predicted octanol–water partition coefficient (Wildman–Crippen LogP) is 4.10. The van der Waals surface area contributed by atoms with Crippen LogP contribution >= 0.6 is 0 Å². The lowest BCUT2D eigenvalue weighted by atomic mass is 10.0. The maximum absolute atomic E-state index is 13.4. The first kappa shape index (κ1) is 30.9. The lowest BCUT2D eigenvalue weighted by Crippen LogP contribution is -2.49. The number of hydrogen-bond acceptors (Lipinski definition) is 6. The molecule has 2 heterocycles. The number of benzene rings is 3. The molecule has 10 heteroatoms. The van der Waals surface area contributed by atoms with Crippen molar-refractivity contribution in [2.45, 2.75) is 25.3 Å². The van der Waals surface area contributed by atoms with Gasteiger partial charge in [0.05, 0.1) is 36.7 Å². The minimum atomic E-state index is -1.06. The summed E-state index contributed by atoms with van der Waals surface area (Å²) in [4.78, 5) is 59.0. The third kappa shape index (κ3) is 8.54. The Kier molecular flexibility index (Phi) is 10.2. The molecule has 0 aliphatic carbocycles. The first-order chi connectivity index (χ1) is 21.9. The van der Waals surface area contributed by atoms with Crippen LogP contribution < -0.4 is 15.5 Å². The van der Waals surface area contributed by atoms with Gasteiger partial charge in [0.25, 0.3) is 5.91 Å². The minimum absolute atomic E-state index is 0.0637. The molecule has 1 saturated heterocycles. The van der Waals surface area contributed by atoms with Crippen LogP contribution in [0.15, 0.2) is 103 Å². The zero-order valence-electron chi connectivity index (χ0n) is 24.8. The summed E-state index contributed by atoms with van der Waals surface area (Å²) >= 11 is 0. The Labute approximate surface area is 261 Å². The summed E-state index contributed by atoms with van der Waals surface area (Å²) in [7, 11) is 0. The van der Waals surface area contributed by atoms with Crippen LogP contribution in [0, 0.1) is 0 Å². The van der Waals surface area contributed by atoms with Gasteiger partial charge in [-0.25, -0.2) is 0 Å². The van der Waals surface area contributed by atoms with E-state index in [-0.39, 0.29) is 30.2 Å². The number of anilines is 2. The fourth-order valence-corrected chi connectivity index (χ4v) is 5.36. The second-order valence-electron chi connectivity index (χ2n) is 10.9. The molecule has 1 unspecified atom stereocenters. The smallest absolute Gasteiger partial charge is 0.305 e. The maximum Gasteiger partial charge on any atom is 0.305 e. The number of nitrogens with one attached hydrogen (secondary N) is 2. The normalized spacial score (nSPS) is 13.5. The van der Waals surface area contributed by atoms with E-state index in [9.17, 15) is 24.3 Å². The van der Waals surface area contributed by atoms with Crippen molar-refractivity contribution in [3.8, 4) is 0 Å². The van der Waals surface area contributed by atoms with Gasteiger partial charge >= 0.3 is 5.97 Å². The van der Waals surface area contributed by atoms with Crippen molar-refractivity contribution >= 4 is 35.1 Å². The van der Waals surface area contributed by atoms with Gasteiger partial charge in [0.15, 0.2) is 0 Å². The molecule has 1 aromatic heterocycles. The predicted molar refractivity (Wildman–Crippen MR) is 171 cm³/mol. The second-order valence-corrected chi connectivity index (χ2v) is 10.9. The highest BCUT2D eigenvalue weighted by Gasteiger charge is 2.25. The van der Waals surface area contributed by atoms with E-state index in [4.69, 9.17) is 0 Å². The number of pyridine rings is 1. The van der Waals surface area contributed by atoms with Crippen molar-refractivity contribution in [1.82, 2.24) is 15.2 Å². The molecule has 0 spiro atoms. The molecule has 230 valence electrons. The molecule has 45 heavy (non-hydrogen) atoms. The zero-order chi connectivity index (χ0) is 31.6. The van der Waals surface area contributed by atoms with E-state index in [0.717, 1.165) is 16.8 Å². The Morgan fingerprint density at radius 1 is 0.800 bits per heavy atom. The van der Waals surface area contributed by atoms with Crippen LogP contribution in [-0.4, -0.2) is 64.9 Å². The minimum Gasteiger partial charge on any atom is -0.481 e. The molecule has 4 aromatic rings. The number of piperazine rings is 1. The number of rotatable bonds is 11. The van der Waals surface area contributed by atoms with Crippen molar-refractivity contribution in [3.63, 3.8) is 0 Å². The quantitative estimate of drug-likeness (QED) is 0.235. The van der Waals surface area contributed by atoms with Crippen LogP contribution in [0.2, 0.25) is 0 Å². The summed E-state index contributed by atoms with van der Waals surface area (Å²) in [5.41, 5.74) is 3.85. The number of carbonyl (C=O) groups is 4. The van der Waals surface area contributed by atoms with Gasteiger partial charge in [0.1, 0.15) is 0 Å². The van der Waals surface area contributed by atoms with Crippen molar-refractivity contribution in [3.05, 3.63) is 126 Å². The topological polar surface area (TPSA) is 132 Å². The van der Waals surface area contributed by atoms with Crippen LogP contribution in [0.4, 0.5) is 11.4 Å². The summed E-state index contributed by atoms with van der Waals surface area (Å²) in [6, 6.07) is 26.7. The standard InChI is InChI=1S/C35H35N5O5/c41-32(20-25-8-3-1-4-9-25)37-30-22-27(35(45)38-29(23-34(43)44)28-12-7-15-36-24-28)13-14-31(30)39-16-18-40(19-17-39)33(42)21-26-10-5-2-6-11-26/h1-15,22,24,29H,16-21,23H2,(H,37,41)(H,38,45)(H,43,44). The molecular weight excluding hydrogens is 570 g/mol. The Balaban J connectivity index is 1.34. The molecular formula is C35H35N5O5. The second kappa shape index (κ2) is 14.8. The lowest BCUT2D eigenvalue weighted by molar-refractivity contribution is -0.137. The van der Waals surface area contributed by atoms with Gasteiger partial charge in [-0.1, -0.05) is 66.7 Å². The van der Waals surface area contributed by atoms with E-state index in [1.165, 1.54) is 6.20 Å². The van der Waals surface area contributed by atoms with Gasteiger partial charge in [0.2, 0.25) is 11.8 Å². The number of hydrogen-bond donors (Lipinski definition) is 3. The van der Waals surface area contributed by atoms with Crippen LogP contribution in [0.5, 0.6) is 0 Å². The third-order valence-electron chi connectivity index (χ3n) is 7.68. The summed E-state index contributed by atoms with van der Waals surface area (Å²) in [5, 5.41) is 15.2. The molecule has 1 fully saturated rings. The Hall–Kier alpha value is -5.51. The molecule has 0 saturated carbocycles. The molecule has 3 aromatic carbocycles. The highest BCUT2D eigenvalue weighted by molar-refractivity contribution is 6.00. The average Bonchev–Trinajstić information content (AvgIpc) is 3.05. The molecule has 1 aliphatic heterocycles. The number of amides is 3. The number of carbonyl (C=O) groups excluding carboxylic acids is 3. The van der Waals surface area contributed by atoms with Gasteiger partial charge in [-0.05, 0) is 41.0 Å². The zero-order valence-corrected chi connectivity index (χ0v) is 24.8. The molecule has 3 N–H and O–H groups in total. The van der Waals surface area contributed by atoms with E-state index < -0.39 is 17.9 Å². The SMILES string of the molecule is O=C(O)CC(NC(=O)c1ccc(N2CCN(C(=O)Cc3ccccc3)CC2)c(NC(=O)Cc2ccccc2)c1)c1cccnc1. The Morgan fingerprint density at radius 3 is 2.09 bits per heavy atom. The van der Waals surface area contributed by atoms with E-state index in [2.05, 4.69) is 20.5 Å². The number of nitrogens with zero attached hydrogens (tertiary/aromatic N) is 3. The van der Waals surface area contributed by atoms with Crippen molar-refractivity contribution < 1.29 is 24.3 Å². The summed E-state index contributed by atoms with van der Waals surface area (Å²) in [5.74, 6) is -1.72. The first-order valence-corrected chi connectivity index (χ1v) is 14.8.